The van der Waals surface area contributed by atoms with Crippen LogP contribution in [0, 0.1) is 13.8 Å². The molecule has 4 aromatic rings. The number of nitrogens with one attached hydrogen (secondary N) is 1. The van der Waals surface area contributed by atoms with Crippen molar-refractivity contribution in [1.29, 1.82) is 0 Å². The van der Waals surface area contributed by atoms with Gasteiger partial charge >= 0.3 is 0 Å². The standard InChI is InChI=1S/C24H24N4O2S/c1-15-11-17-13-18(14-25-22(29)8-10-28-9-7-16(2)27-28)30-23(17)19(12-15)24-26-20-5-3-4-6-21(20)31-24/h3-7,9,11-12,18H,8,10,13-14H2,1-2H3,(H,25,29). The molecule has 1 amide bonds. The first-order valence-corrected chi connectivity index (χ1v) is 11.3. The second-order valence-electron chi connectivity index (χ2n) is 8.01. The number of fused-ring (bicyclic) bond motifs is 2. The van der Waals surface area contributed by atoms with Crippen molar-refractivity contribution in [2.24, 2.45) is 0 Å². The molecule has 2 aromatic heterocycles. The minimum Gasteiger partial charge on any atom is -0.487 e. The summed E-state index contributed by atoms with van der Waals surface area (Å²) >= 11 is 1.68. The molecule has 7 heteroatoms. The largest absolute Gasteiger partial charge is 0.487 e. The highest BCUT2D eigenvalue weighted by Crippen LogP contribution is 2.42. The third-order valence-electron chi connectivity index (χ3n) is 5.44. The Morgan fingerprint density at radius 3 is 2.94 bits per heavy atom. The van der Waals surface area contributed by atoms with Gasteiger partial charge in [0.25, 0.3) is 0 Å². The molecular weight excluding hydrogens is 408 g/mol. The summed E-state index contributed by atoms with van der Waals surface area (Å²) in [6.07, 6.45) is 3.01. The van der Waals surface area contributed by atoms with E-state index < -0.39 is 0 Å². The number of carbonyl (C=O) groups is 1. The van der Waals surface area contributed by atoms with Crippen molar-refractivity contribution in [2.45, 2.75) is 39.3 Å². The zero-order valence-corrected chi connectivity index (χ0v) is 18.4. The van der Waals surface area contributed by atoms with Crippen molar-refractivity contribution < 1.29 is 9.53 Å². The van der Waals surface area contributed by atoms with Crippen LogP contribution in [0.2, 0.25) is 0 Å². The molecule has 0 fully saturated rings. The van der Waals surface area contributed by atoms with Crippen LogP contribution < -0.4 is 10.1 Å². The van der Waals surface area contributed by atoms with E-state index in [0.29, 0.717) is 19.5 Å². The summed E-state index contributed by atoms with van der Waals surface area (Å²) in [5.41, 5.74) is 5.37. The van der Waals surface area contributed by atoms with Crippen LogP contribution >= 0.6 is 11.3 Å². The molecule has 6 nitrogen and oxygen atoms in total. The Hall–Kier alpha value is -3.19. The number of rotatable bonds is 6. The molecule has 0 saturated heterocycles. The Morgan fingerprint density at radius 1 is 1.26 bits per heavy atom. The maximum atomic E-state index is 12.3. The summed E-state index contributed by atoms with van der Waals surface area (Å²) in [5, 5.41) is 8.30. The maximum Gasteiger partial charge on any atom is 0.221 e. The average Bonchev–Trinajstić information content (AvgIpc) is 3.47. The van der Waals surface area contributed by atoms with E-state index in [0.717, 1.165) is 34.0 Å². The zero-order valence-electron chi connectivity index (χ0n) is 17.6. The quantitative estimate of drug-likeness (QED) is 0.494. The fourth-order valence-corrected chi connectivity index (χ4v) is 4.95. The minimum atomic E-state index is -0.0687. The highest BCUT2D eigenvalue weighted by atomic mass is 32.1. The van der Waals surface area contributed by atoms with E-state index in [-0.39, 0.29) is 12.0 Å². The monoisotopic (exact) mass is 432 g/mol. The molecule has 0 radical (unpaired) electrons. The Bertz CT molecular complexity index is 1230. The lowest BCUT2D eigenvalue weighted by molar-refractivity contribution is -0.121. The molecule has 158 valence electrons. The van der Waals surface area contributed by atoms with Crippen molar-refractivity contribution in [3.05, 3.63) is 65.5 Å². The molecule has 2 aromatic carbocycles. The number of amides is 1. The predicted octanol–water partition coefficient (Wildman–Crippen LogP) is 4.29. The highest BCUT2D eigenvalue weighted by Gasteiger charge is 2.27. The second kappa shape index (κ2) is 8.15. The molecule has 31 heavy (non-hydrogen) atoms. The summed E-state index contributed by atoms with van der Waals surface area (Å²) < 4.78 is 9.26. The van der Waals surface area contributed by atoms with E-state index in [4.69, 9.17) is 9.72 Å². The molecular formula is C24H24N4O2S. The summed E-state index contributed by atoms with van der Waals surface area (Å²) in [6.45, 7) is 5.11. The van der Waals surface area contributed by atoms with Crippen molar-refractivity contribution in [2.75, 3.05) is 6.54 Å². The number of hydrogen-bond donors (Lipinski definition) is 1. The van der Waals surface area contributed by atoms with E-state index in [1.807, 2.05) is 37.4 Å². The second-order valence-corrected chi connectivity index (χ2v) is 9.04. The number of aryl methyl sites for hydroxylation is 3. The smallest absolute Gasteiger partial charge is 0.221 e. The third-order valence-corrected chi connectivity index (χ3v) is 6.51. The van der Waals surface area contributed by atoms with Crippen molar-refractivity contribution in [1.82, 2.24) is 20.1 Å². The summed E-state index contributed by atoms with van der Waals surface area (Å²) in [6, 6.07) is 14.4. The molecule has 0 bridgehead atoms. The number of benzene rings is 2. The Labute approximate surface area is 184 Å². The number of hydrogen-bond acceptors (Lipinski definition) is 5. The van der Waals surface area contributed by atoms with Gasteiger partial charge in [-0.25, -0.2) is 4.98 Å². The predicted molar refractivity (Wildman–Crippen MR) is 123 cm³/mol. The van der Waals surface area contributed by atoms with Gasteiger partial charge in [0.1, 0.15) is 16.9 Å². The maximum absolute atomic E-state index is 12.3. The van der Waals surface area contributed by atoms with Gasteiger partial charge in [0, 0.05) is 25.6 Å². The highest BCUT2D eigenvalue weighted by molar-refractivity contribution is 7.21. The van der Waals surface area contributed by atoms with E-state index in [1.54, 1.807) is 16.0 Å². The lowest BCUT2D eigenvalue weighted by Gasteiger charge is -2.13. The number of nitrogens with zero attached hydrogens (tertiary/aromatic N) is 3. The van der Waals surface area contributed by atoms with Gasteiger partial charge in [-0.1, -0.05) is 18.2 Å². The van der Waals surface area contributed by atoms with Crippen molar-refractivity contribution in [3.63, 3.8) is 0 Å². The molecule has 0 aliphatic carbocycles. The van der Waals surface area contributed by atoms with Gasteiger partial charge in [-0.15, -0.1) is 11.3 Å². The Kier molecular flexibility index (Phi) is 5.19. The summed E-state index contributed by atoms with van der Waals surface area (Å²) in [5.74, 6) is 0.909. The van der Waals surface area contributed by atoms with Gasteiger partial charge in [0.2, 0.25) is 5.91 Å². The van der Waals surface area contributed by atoms with Crippen LogP contribution in [0.3, 0.4) is 0 Å². The molecule has 1 unspecified atom stereocenters. The lowest BCUT2D eigenvalue weighted by atomic mass is 10.0. The van der Waals surface area contributed by atoms with Gasteiger partial charge in [-0.3, -0.25) is 9.48 Å². The first-order chi connectivity index (χ1) is 15.0. The Morgan fingerprint density at radius 2 is 2.13 bits per heavy atom. The van der Waals surface area contributed by atoms with Gasteiger partial charge < -0.3 is 10.1 Å². The topological polar surface area (TPSA) is 69.0 Å². The number of para-hydroxylation sites is 1. The first-order valence-electron chi connectivity index (χ1n) is 10.5. The van der Waals surface area contributed by atoms with Crippen LogP contribution in [-0.2, 0) is 17.8 Å². The van der Waals surface area contributed by atoms with E-state index >= 15 is 0 Å². The minimum absolute atomic E-state index is 0.00952. The molecule has 0 saturated carbocycles. The fourth-order valence-electron chi connectivity index (χ4n) is 3.97. The van der Waals surface area contributed by atoms with E-state index in [2.05, 4.69) is 35.5 Å². The fraction of sp³-hybridized carbons (Fsp3) is 0.292. The van der Waals surface area contributed by atoms with Gasteiger partial charge in [-0.05, 0) is 49.2 Å². The van der Waals surface area contributed by atoms with Crippen LogP contribution in [0.1, 0.15) is 23.2 Å². The zero-order chi connectivity index (χ0) is 21.4. The van der Waals surface area contributed by atoms with Crippen molar-refractivity contribution >= 4 is 27.5 Å². The van der Waals surface area contributed by atoms with Gasteiger partial charge in [0.05, 0.1) is 28.0 Å². The van der Waals surface area contributed by atoms with Crippen LogP contribution in [0.5, 0.6) is 5.75 Å². The van der Waals surface area contributed by atoms with Crippen LogP contribution in [-0.4, -0.2) is 33.3 Å². The summed E-state index contributed by atoms with van der Waals surface area (Å²) in [7, 11) is 0. The molecule has 5 rings (SSSR count). The van der Waals surface area contributed by atoms with Gasteiger partial charge in [0.15, 0.2) is 0 Å². The lowest BCUT2D eigenvalue weighted by Crippen LogP contribution is -2.34. The van der Waals surface area contributed by atoms with Crippen LogP contribution in [0.4, 0.5) is 0 Å². The van der Waals surface area contributed by atoms with E-state index in [1.165, 1.54) is 15.8 Å². The van der Waals surface area contributed by atoms with Crippen LogP contribution in [0.25, 0.3) is 20.8 Å². The SMILES string of the molecule is Cc1cc2c(c(-c3nc4ccccc4s3)c1)OC(CNC(=O)CCn1ccc(C)n1)C2. The molecule has 1 N–H and O–H groups in total. The Balaban J connectivity index is 1.26. The van der Waals surface area contributed by atoms with Crippen molar-refractivity contribution in [3.8, 4) is 16.3 Å². The molecule has 1 aliphatic rings. The number of thiazole rings is 1. The molecule has 0 spiro atoms. The summed E-state index contributed by atoms with van der Waals surface area (Å²) in [4.78, 5) is 17.1. The number of aromatic nitrogens is 3. The average molecular weight is 433 g/mol. The molecule has 1 aliphatic heterocycles. The normalized spacial score (nSPS) is 15.1. The third kappa shape index (κ3) is 4.18. The number of ether oxygens (including phenoxy) is 1. The number of carbonyl (C=O) groups excluding carboxylic acids is 1. The van der Waals surface area contributed by atoms with Gasteiger partial charge in [-0.2, -0.15) is 5.10 Å². The molecule has 1 atom stereocenters. The molecule has 3 heterocycles. The van der Waals surface area contributed by atoms with Crippen LogP contribution in [0.15, 0.2) is 48.7 Å². The van der Waals surface area contributed by atoms with E-state index in [9.17, 15) is 4.79 Å². The first kappa shape index (κ1) is 19.8.